The van der Waals surface area contributed by atoms with Crippen LogP contribution in [0.4, 0.5) is 0 Å². The maximum Gasteiger partial charge on any atom is 0.348 e. The molecule has 0 saturated heterocycles. The van der Waals surface area contributed by atoms with Gasteiger partial charge in [0, 0.05) is 0 Å². The molecule has 3 aromatic rings. The minimum Gasteiger partial charge on any atom is -0.477 e. The minimum atomic E-state index is -0.947. The van der Waals surface area contributed by atoms with Gasteiger partial charge < -0.3 is 15.1 Å². The number of thiophene rings is 1. The average Bonchev–Trinajstić information content (AvgIpc) is 2.87. The van der Waals surface area contributed by atoms with Crippen LogP contribution in [0.3, 0.4) is 0 Å². The molecular formula is C12H8N2O2S2. The Kier molecular flexibility index (Phi) is 2.53. The van der Waals surface area contributed by atoms with E-state index >= 15 is 0 Å². The molecule has 0 bridgehead atoms. The van der Waals surface area contributed by atoms with Crippen LogP contribution in [0.1, 0.15) is 9.67 Å². The minimum absolute atomic E-state index is 0.274. The third kappa shape index (κ3) is 1.66. The summed E-state index contributed by atoms with van der Waals surface area (Å²) in [5.41, 5.74) is 2.30. The molecule has 0 atom stereocenters. The number of carbonyl (C=O) groups is 1. The van der Waals surface area contributed by atoms with Gasteiger partial charge in [-0.05, 0) is 17.8 Å². The molecule has 18 heavy (non-hydrogen) atoms. The molecule has 0 amide bonds. The Morgan fingerprint density at radius 1 is 1.17 bits per heavy atom. The summed E-state index contributed by atoms with van der Waals surface area (Å²) >= 11 is 6.26. The highest BCUT2D eigenvalue weighted by molar-refractivity contribution is 7.71. The van der Waals surface area contributed by atoms with Gasteiger partial charge in [0.1, 0.15) is 4.88 Å². The van der Waals surface area contributed by atoms with Gasteiger partial charge in [-0.15, -0.1) is 11.3 Å². The van der Waals surface area contributed by atoms with Crippen molar-refractivity contribution in [3.8, 4) is 10.4 Å². The van der Waals surface area contributed by atoms with E-state index in [-0.39, 0.29) is 4.88 Å². The van der Waals surface area contributed by atoms with E-state index in [0.717, 1.165) is 16.0 Å². The Morgan fingerprint density at radius 2 is 1.83 bits per heavy atom. The first-order chi connectivity index (χ1) is 8.66. The second kappa shape index (κ2) is 4.08. The van der Waals surface area contributed by atoms with Gasteiger partial charge in [0.15, 0.2) is 4.77 Å². The Labute approximate surface area is 111 Å². The van der Waals surface area contributed by atoms with E-state index in [1.165, 1.54) is 11.3 Å². The molecule has 0 fully saturated rings. The fourth-order valence-electron chi connectivity index (χ4n) is 1.87. The van der Waals surface area contributed by atoms with E-state index in [1.807, 2.05) is 30.3 Å². The maximum atomic E-state index is 11.2. The third-order valence-corrected chi connectivity index (χ3v) is 4.05. The molecule has 90 valence electrons. The largest absolute Gasteiger partial charge is 0.477 e. The number of aromatic carboxylic acids is 1. The van der Waals surface area contributed by atoms with Crippen LogP contribution in [-0.2, 0) is 0 Å². The number of rotatable bonds is 2. The molecular weight excluding hydrogens is 268 g/mol. The Bertz CT molecular complexity index is 783. The quantitative estimate of drug-likeness (QED) is 0.626. The zero-order valence-corrected chi connectivity index (χ0v) is 10.7. The number of nitrogens with one attached hydrogen (secondary N) is 2. The van der Waals surface area contributed by atoms with Gasteiger partial charge in [-0.1, -0.05) is 30.3 Å². The molecule has 0 unspecified atom stereocenters. The van der Waals surface area contributed by atoms with E-state index in [4.69, 9.17) is 12.2 Å². The monoisotopic (exact) mass is 276 g/mol. The molecule has 0 saturated carbocycles. The number of carboxylic acid groups (broad SMARTS) is 1. The number of aromatic amines is 2. The zero-order valence-electron chi connectivity index (χ0n) is 9.06. The highest BCUT2D eigenvalue weighted by atomic mass is 32.1. The molecule has 6 heteroatoms. The van der Waals surface area contributed by atoms with Crippen LogP contribution in [0.25, 0.3) is 21.5 Å². The predicted molar refractivity (Wildman–Crippen MR) is 73.8 cm³/mol. The summed E-state index contributed by atoms with van der Waals surface area (Å²) in [4.78, 5) is 18.3. The Balaban J connectivity index is 2.37. The van der Waals surface area contributed by atoms with Crippen molar-refractivity contribution in [3.05, 3.63) is 40.0 Å². The van der Waals surface area contributed by atoms with Crippen molar-refractivity contribution in [1.29, 1.82) is 0 Å². The van der Waals surface area contributed by atoms with E-state index in [9.17, 15) is 9.90 Å². The summed E-state index contributed by atoms with van der Waals surface area (Å²) in [6.45, 7) is 0. The first-order valence-electron chi connectivity index (χ1n) is 5.20. The highest BCUT2D eigenvalue weighted by Crippen LogP contribution is 2.36. The SMILES string of the molecule is O=C(O)c1sc(-c2ccccc2)c2[nH]c(=S)[nH]c12. The number of H-pyrrole nitrogens is 2. The lowest BCUT2D eigenvalue weighted by molar-refractivity contribution is 0.0704. The summed E-state index contributed by atoms with van der Waals surface area (Å²) in [5.74, 6) is -0.947. The average molecular weight is 276 g/mol. The topological polar surface area (TPSA) is 68.9 Å². The molecule has 4 nitrogen and oxygen atoms in total. The first-order valence-corrected chi connectivity index (χ1v) is 6.43. The second-order valence-electron chi connectivity index (χ2n) is 3.76. The van der Waals surface area contributed by atoms with Gasteiger partial charge in [-0.25, -0.2) is 4.79 Å². The highest BCUT2D eigenvalue weighted by Gasteiger charge is 2.19. The number of aromatic nitrogens is 2. The van der Waals surface area contributed by atoms with Crippen molar-refractivity contribution >= 4 is 40.6 Å². The fourth-order valence-corrected chi connectivity index (χ4v) is 3.13. The number of fused-ring (bicyclic) bond motifs is 1. The number of hydrogen-bond donors (Lipinski definition) is 3. The molecule has 2 heterocycles. The lowest BCUT2D eigenvalue weighted by atomic mass is 10.2. The molecule has 1 aromatic carbocycles. The van der Waals surface area contributed by atoms with E-state index in [1.54, 1.807) is 0 Å². The zero-order chi connectivity index (χ0) is 12.7. The van der Waals surface area contributed by atoms with Gasteiger partial charge in [0.2, 0.25) is 0 Å². The van der Waals surface area contributed by atoms with Crippen LogP contribution in [0, 0.1) is 4.77 Å². The van der Waals surface area contributed by atoms with Crippen LogP contribution in [0.15, 0.2) is 30.3 Å². The number of hydrogen-bond acceptors (Lipinski definition) is 3. The third-order valence-electron chi connectivity index (χ3n) is 2.62. The van der Waals surface area contributed by atoms with Crippen molar-refractivity contribution < 1.29 is 9.90 Å². The summed E-state index contributed by atoms with van der Waals surface area (Å²) in [7, 11) is 0. The van der Waals surface area contributed by atoms with Gasteiger partial charge in [0.05, 0.1) is 15.9 Å². The molecule has 3 N–H and O–H groups in total. The summed E-state index contributed by atoms with van der Waals surface area (Å²) in [6.07, 6.45) is 0. The molecule has 0 aliphatic carbocycles. The van der Waals surface area contributed by atoms with E-state index < -0.39 is 5.97 Å². The molecule has 2 aromatic heterocycles. The smallest absolute Gasteiger partial charge is 0.348 e. The summed E-state index contributed by atoms with van der Waals surface area (Å²) < 4.78 is 0.437. The standard InChI is InChI=1S/C12H8N2O2S2/c15-11(16)10-8-7(13-12(17)14-8)9(18-10)6-4-2-1-3-5-6/h1-5H,(H,15,16)(H2,13,14,17). The fraction of sp³-hybridized carbons (Fsp3) is 0. The lowest BCUT2D eigenvalue weighted by Crippen LogP contribution is -1.91. The van der Waals surface area contributed by atoms with Gasteiger partial charge in [-0.3, -0.25) is 0 Å². The summed E-state index contributed by atoms with van der Waals surface area (Å²) in [5, 5.41) is 9.19. The van der Waals surface area contributed by atoms with Crippen LogP contribution in [-0.4, -0.2) is 21.0 Å². The lowest BCUT2D eigenvalue weighted by Gasteiger charge is -1.95. The molecule has 0 aliphatic rings. The number of carboxylic acids is 1. The van der Waals surface area contributed by atoms with Crippen molar-refractivity contribution in [1.82, 2.24) is 9.97 Å². The van der Waals surface area contributed by atoms with Gasteiger partial charge >= 0.3 is 5.97 Å². The van der Waals surface area contributed by atoms with Crippen LogP contribution >= 0.6 is 23.6 Å². The van der Waals surface area contributed by atoms with Crippen molar-refractivity contribution in [2.24, 2.45) is 0 Å². The Morgan fingerprint density at radius 3 is 2.50 bits per heavy atom. The summed E-state index contributed by atoms with van der Waals surface area (Å²) in [6, 6.07) is 9.65. The van der Waals surface area contributed by atoms with Crippen molar-refractivity contribution in [3.63, 3.8) is 0 Å². The molecule has 3 rings (SSSR count). The van der Waals surface area contributed by atoms with Gasteiger partial charge in [0.25, 0.3) is 0 Å². The maximum absolute atomic E-state index is 11.2. The molecule has 0 spiro atoms. The second-order valence-corrected chi connectivity index (χ2v) is 5.19. The van der Waals surface area contributed by atoms with E-state index in [0.29, 0.717) is 10.3 Å². The van der Waals surface area contributed by atoms with Crippen LogP contribution < -0.4 is 0 Å². The predicted octanol–water partition coefficient (Wildman–Crippen LogP) is 3.65. The Hall–Kier alpha value is -1.92. The molecule has 0 aliphatic heterocycles. The van der Waals surface area contributed by atoms with Crippen LogP contribution in [0.5, 0.6) is 0 Å². The molecule has 0 radical (unpaired) electrons. The number of imidazole rings is 1. The van der Waals surface area contributed by atoms with Crippen molar-refractivity contribution in [2.75, 3.05) is 0 Å². The first kappa shape index (κ1) is 11.2. The van der Waals surface area contributed by atoms with Crippen molar-refractivity contribution in [2.45, 2.75) is 0 Å². The normalized spacial score (nSPS) is 10.9. The number of benzene rings is 1. The van der Waals surface area contributed by atoms with Crippen LogP contribution in [0.2, 0.25) is 0 Å². The van der Waals surface area contributed by atoms with Gasteiger partial charge in [-0.2, -0.15) is 0 Å². The van der Waals surface area contributed by atoms with E-state index in [2.05, 4.69) is 9.97 Å².